The van der Waals surface area contributed by atoms with Gasteiger partial charge < -0.3 is 4.90 Å². The Balaban J connectivity index is 2.41. The van der Waals surface area contributed by atoms with Crippen molar-refractivity contribution in [2.24, 2.45) is 0 Å². The molecule has 0 spiro atoms. The van der Waals surface area contributed by atoms with Crippen LogP contribution in [0.3, 0.4) is 0 Å². The van der Waals surface area contributed by atoms with E-state index in [2.05, 4.69) is 29.2 Å². The van der Waals surface area contributed by atoms with E-state index in [1.165, 1.54) is 5.56 Å². The molecule has 1 aromatic rings. The summed E-state index contributed by atoms with van der Waals surface area (Å²) >= 11 is 6.17. The molecule has 0 aliphatic heterocycles. The topological polar surface area (TPSA) is 3.24 Å². The van der Waals surface area contributed by atoms with Gasteiger partial charge in [-0.05, 0) is 26.1 Å². The van der Waals surface area contributed by atoms with Gasteiger partial charge in [-0.25, -0.2) is 0 Å². The van der Waals surface area contributed by atoms with Gasteiger partial charge >= 0.3 is 0 Å². The summed E-state index contributed by atoms with van der Waals surface area (Å²) in [7, 11) is 4.08. The van der Waals surface area contributed by atoms with Crippen molar-refractivity contribution >= 4 is 11.6 Å². The first kappa shape index (κ1) is 10.6. The second-order valence-corrected chi connectivity index (χ2v) is 4.17. The molecule has 0 bridgehead atoms. The Kier molecular flexibility index (Phi) is 4.26. The monoisotopic (exact) mass is 197 g/mol. The molecular weight excluding hydrogens is 182 g/mol. The van der Waals surface area contributed by atoms with E-state index in [0.29, 0.717) is 0 Å². The van der Waals surface area contributed by atoms with Crippen LogP contribution in [-0.2, 0) is 6.42 Å². The van der Waals surface area contributed by atoms with E-state index in [1.807, 2.05) is 20.2 Å². The zero-order valence-electron chi connectivity index (χ0n) is 8.20. The molecule has 1 atom stereocenters. The molecule has 2 heteroatoms. The Hall–Kier alpha value is -0.530. The summed E-state index contributed by atoms with van der Waals surface area (Å²) in [5.74, 6) is 0. The van der Waals surface area contributed by atoms with Crippen LogP contribution in [0.1, 0.15) is 5.56 Å². The molecule has 13 heavy (non-hydrogen) atoms. The minimum atomic E-state index is 0.206. The largest absolute Gasteiger partial charge is 0.308 e. The number of benzene rings is 1. The third-order valence-corrected chi connectivity index (χ3v) is 2.16. The smallest absolute Gasteiger partial charge is 0.0503 e. The molecule has 0 fully saturated rings. The Labute approximate surface area is 85.3 Å². The minimum absolute atomic E-state index is 0.206. The standard InChI is InChI=1S/C11H16ClN/c1-13(2)9-11(12)8-10-6-4-3-5-7-10/h3-7,11H,8-9H2,1-2H3/t11-/m1/s1. The molecule has 0 saturated carbocycles. The summed E-state index contributed by atoms with van der Waals surface area (Å²) in [4.78, 5) is 2.11. The second-order valence-electron chi connectivity index (χ2n) is 3.55. The van der Waals surface area contributed by atoms with Crippen molar-refractivity contribution in [3.63, 3.8) is 0 Å². The summed E-state index contributed by atoms with van der Waals surface area (Å²) < 4.78 is 0. The lowest BCUT2D eigenvalue weighted by molar-refractivity contribution is 0.404. The van der Waals surface area contributed by atoms with Crippen LogP contribution in [0.4, 0.5) is 0 Å². The van der Waals surface area contributed by atoms with Gasteiger partial charge in [-0.15, -0.1) is 11.6 Å². The van der Waals surface area contributed by atoms with Gasteiger partial charge in [0.1, 0.15) is 0 Å². The predicted molar refractivity (Wildman–Crippen MR) is 58.3 cm³/mol. The highest BCUT2D eigenvalue weighted by molar-refractivity contribution is 6.20. The quantitative estimate of drug-likeness (QED) is 0.671. The highest BCUT2D eigenvalue weighted by Crippen LogP contribution is 2.08. The van der Waals surface area contributed by atoms with E-state index >= 15 is 0 Å². The van der Waals surface area contributed by atoms with E-state index in [0.717, 1.165) is 13.0 Å². The van der Waals surface area contributed by atoms with Gasteiger partial charge in [-0.2, -0.15) is 0 Å². The van der Waals surface area contributed by atoms with Gasteiger partial charge in [0.05, 0.1) is 5.38 Å². The number of nitrogens with zero attached hydrogens (tertiary/aromatic N) is 1. The molecule has 0 aromatic heterocycles. The molecule has 0 radical (unpaired) electrons. The molecule has 0 amide bonds. The summed E-state index contributed by atoms with van der Waals surface area (Å²) in [6, 6.07) is 10.4. The van der Waals surface area contributed by atoms with Gasteiger partial charge in [0.15, 0.2) is 0 Å². The number of rotatable bonds is 4. The van der Waals surface area contributed by atoms with E-state index in [4.69, 9.17) is 11.6 Å². The van der Waals surface area contributed by atoms with Crippen molar-refractivity contribution in [2.45, 2.75) is 11.8 Å². The van der Waals surface area contributed by atoms with Gasteiger partial charge in [-0.3, -0.25) is 0 Å². The van der Waals surface area contributed by atoms with Crippen molar-refractivity contribution < 1.29 is 0 Å². The Bertz CT molecular complexity index is 233. The van der Waals surface area contributed by atoms with Crippen LogP contribution in [0.2, 0.25) is 0 Å². The molecule has 0 saturated heterocycles. The van der Waals surface area contributed by atoms with Gasteiger partial charge in [0, 0.05) is 6.54 Å². The van der Waals surface area contributed by atoms with Crippen LogP contribution in [0, 0.1) is 0 Å². The first-order valence-corrected chi connectivity index (χ1v) is 4.95. The molecule has 72 valence electrons. The first-order chi connectivity index (χ1) is 6.18. The third kappa shape index (κ3) is 4.30. The number of hydrogen-bond acceptors (Lipinski definition) is 1. The molecule has 0 unspecified atom stereocenters. The Morgan fingerprint density at radius 3 is 2.38 bits per heavy atom. The Morgan fingerprint density at radius 1 is 1.23 bits per heavy atom. The van der Waals surface area contributed by atoms with Crippen LogP contribution < -0.4 is 0 Å². The van der Waals surface area contributed by atoms with E-state index < -0.39 is 0 Å². The zero-order valence-corrected chi connectivity index (χ0v) is 8.96. The fraction of sp³-hybridized carbons (Fsp3) is 0.455. The lowest BCUT2D eigenvalue weighted by Gasteiger charge is -2.14. The Morgan fingerprint density at radius 2 is 1.85 bits per heavy atom. The molecule has 0 N–H and O–H groups in total. The van der Waals surface area contributed by atoms with Crippen LogP contribution in [0.5, 0.6) is 0 Å². The number of hydrogen-bond donors (Lipinski definition) is 0. The SMILES string of the molecule is CN(C)C[C@H](Cl)Cc1ccccc1. The van der Waals surface area contributed by atoms with E-state index in [-0.39, 0.29) is 5.38 Å². The van der Waals surface area contributed by atoms with Crippen molar-refractivity contribution in [3.05, 3.63) is 35.9 Å². The normalized spacial score (nSPS) is 13.2. The molecule has 1 rings (SSSR count). The molecule has 0 aliphatic carbocycles. The van der Waals surface area contributed by atoms with Crippen LogP contribution in [0.15, 0.2) is 30.3 Å². The van der Waals surface area contributed by atoms with Crippen molar-refractivity contribution in [2.75, 3.05) is 20.6 Å². The first-order valence-electron chi connectivity index (χ1n) is 4.51. The van der Waals surface area contributed by atoms with Crippen LogP contribution in [-0.4, -0.2) is 30.9 Å². The second kappa shape index (κ2) is 5.25. The maximum absolute atomic E-state index is 6.17. The lowest BCUT2D eigenvalue weighted by atomic mass is 10.1. The van der Waals surface area contributed by atoms with Gasteiger partial charge in [-0.1, -0.05) is 30.3 Å². The van der Waals surface area contributed by atoms with Crippen molar-refractivity contribution in [1.29, 1.82) is 0 Å². The van der Waals surface area contributed by atoms with Crippen LogP contribution in [0.25, 0.3) is 0 Å². The summed E-state index contributed by atoms with van der Waals surface area (Å²) in [6.45, 7) is 0.927. The van der Waals surface area contributed by atoms with Crippen molar-refractivity contribution in [3.8, 4) is 0 Å². The van der Waals surface area contributed by atoms with Gasteiger partial charge in [0.25, 0.3) is 0 Å². The molecule has 1 aromatic carbocycles. The summed E-state index contributed by atoms with van der Waals surface area (Å²) in [6.07, 6.45) is 0.945. The maximum atomic E-state index is 6.17. The molecule has 1 nitrogen and oxygen atoms in total. The average Bonchev–Trinajstić information content (AvgIpc) is 2.04. The number of alkyl halides is 1. The highest BCUT2D eigenvalue weighted by atomic mass is 35.5. The molecule has 0 aliphatic rings. The summed E-state index contributed by atoms with van der Waals surface area (Å²) in [5.41, 5.74) is 1.31. The predicted octanol–water partition coefficient (Wildman–Crippen LogP) is 2.40. The fourth-order valence-electron chi connectivity index (χ4n) is 1.33. The van der Waals surface area contributed by atoms with E-state index in [9.17, 15) is 0 Å². The summed E-state index contributed by atoms with van der Waals surface area (Å²) in [5, 5.41) is 0.206. The van der Waals surface area contributed by atoms with E-state index in [1.54, 1.807) is 0 Å². The highest BCUT2D eigenvalue weighted by Gasteiger charge is 2.06. The number of halogens is 1. The zero-order chi connectivity index (χ0) is 9.68. The van der Waals surface area contributed by atoms with Crippen molar-refractivity contribution in [1.82, 2.24) is 4.90 Å². The third-order valence-electron chi connectivity index (χ3n) is 1.86. The lowest BCUT2D eigenvalue weighted by Crippen LogP contribution is -2.23. The minimum Gasteiger partial charge on any atom is -0.308 e. The maximum Gasteiger partial charge on any atom is 0.0503 e. The molecular formula is C11H16ClN. The average molecular weight is 198 g/mol. The van der Waals surface area contributed by atoms with Crippen LogP contribution >= 0.6 is 11.6 Å². The van der Waals surface area contributed by atoms with Gasteiger partial charge in [0.2, 0.25) is 0 Å². The molecule has 0 heterocycles. The fourth-order valence-corrected chi connectivity index (χ4v) is 1.78.